The molecule has 0 unspecified atom stereocenters. The second kappa shape index (κ2) is 5.31. The molecule has 4 rings (SSSR count). The van der Waals surface area contributed by atoms with Gasteiger partial charge in [0.05, 0.1) is 22.2 Å². The SMILES string of the molecule is Cn1ncc2c(C(=O)Nc3ccc(Cl)cn3)cc(C3CC3)nc21. The zero-order chi connectivity index (χ0) is 16.0. The van der Waals surface area contributed by atoms with E-state index in [4.69, 9.17) is 11.6 Å². The Morgan fingerprint density at radius 1 is 1.35 bits per heavy atom. The fourth-order valence-corrected chi connectivity index (χ4v) is 2.66. The number of anilines is 1. The van der Waals surface area contributed by atoms with Gasteiger partial charge in [-0.15, -0.1) is 0 Å². The molecule has 7 heteroatoms. The maximum atomic E-state index is 12.7. The highest BCUT2D eigenvalue weighted by atomic mass is 35.5. The highest BCUT2D eigenvalue weighted by Gasteiger charge is 2.27. The highest BCUT2D eigenvalue weighted by molar-refractivity contribution is 6.30. The average Bonchev–Trinajstić information content (AvgIpc) is 3.33. The number of amides is 1. The molecule has 0 aliphatic heterocycles. The first-order valence-corrected chi connectivity index (χ1v) is 7.75. The summed E-state index contributed by atoms with van der Waals surface area (Å²) in [7, 11) is 1.83. The molecule has 3 heterocycles. The van der Waals surface area contributed by atoms with Crippen molar-refractivity contribution in [3.8, 4) is 0 Å². The number of carbonyl (C=O) groups excluding carboxylic acids is 1. The van der Waals surface area contributed by atoms with E-state index in [2.05, 4.69) is 20.4 Å². The minimum atomic E-state index is -0.220. The Hall–Kier alpha value is -2.47. The lowest BCUT2D eigenvalue weighted by Crippen LogP contribution is -2.14. The van der Waals surface area contributed by atoms with Gasteiger partial charge in [0.2, 0.25) is 0 Å². The van der Waals surface area contributed by atoms with E-state index in [1.807, 2.05) is 13.1 Å². The Bertz CT molecular complexity index is 899. The monoisotopic (exact) mass is 327 g/mol. The van der Waals surface area contributed by atoms with Crippen LogP contribution in [0, 0.1) is 0 Å². The van der Waals surface area contributed by atoms with Gasteiger partial charge in [-0.25, -0.2) is 9.97 Å². The maximum absolute atomic E-state index is 12.7. The van der Waals surface area contributed by atoms with Gasteiger partial charge in [0.1, 0.15) is 5.82 Å². The molecular formula is C16H14ClN5O. The van der Waals surface area contributed by atoms with E-state index in [9.17, 15) is 4.79 Å². The number of halogens is 1. The van der Waals surface area contributed by atoms with Crippen molar-refractivity contribution in [2.24, 2.45) is 7.05 Å². The molecule has 0 radical (unpaired) electrons. The summed E-state index contributed by atoms with van der Waals surface area (Å²) in [5.74, 6) is 0.692. The topological polar surface area (TPSA) is 72.7 Å². The zero-order valence-corrected chi connectivity index (χ0v) is 13.2. The van der Waals surface area contributed by atoms with Crippen molar-refractivity contribution in [2.45, 2.75) is 18.8 Å². The molecule has 0 bridgehead atoms. The smallest absolute Gasteiger partial charge is 0.257 e. The first kappa shape index (κ1) is 14.1. The van der Waals surface area contributed by atoms with E-state index < -0.39 is 0 Å². The summed E-state index contributed by atoms with van der Waals surface area (Å²) in [6.07, 6.45) is 5.41. The van der Waals surface area contributed by atoms with Gasteiger partial charge in [-0.2, -0.15) is 5.10 Å². The van der Waals surface area contributed by atoms with Crippen LogP contribution in [0.2, 0.25) is 5.02 Å². The van der Waals surface area contributed by atoms with Gasteiger partial charge >= 0.3 is 0 Å². The third-order valence-electron chi connectivity index (χ3n) is 3.93. The number of hydrogen-bond acceptors (Lipinski definition) is 4. The Balaban J connectivity index is 1.74. The number of fused-ring (bicyclic) bond motifs is 1. The lowest BCUT2D eigenvalue weighted by Gasteiger charge is -2.08. The third-order valence-corrected chi connectivity index (χ3v) is 4.16. The Morgan fingerprint density at radius 3 is 2.87 bits per heavy atom. The van der Waals surface area contributed by atoms with Crippen molar-refractivity contribution in [1.82, 2.24) is 19.7 Å². The van der Waals surface area contributed by atoms with Gasteiger partial charge in [0.15, 0.2) is 5.65 Å². The maximum Gasteiger partial charge on any atom is 0.257 e. The van der Waals surface area contributed by atoms with Crippen LogP contribution in [0.3, 0.4) is 0 Å². The normalized spacial score (nSPS) is 14.2. The Kier molecular flexibility index (Phi) is 3.27. The molecule has 0 aromatic carbocycles. The standard InChI is InChI=1S/C16H14ClN5O/c1-22-15-12(8-19-22)11(6-13(20-15)9-2-3-9)16(23)21-14-5-4-10(17)7-18-14/h4-9H,2-3H2,1H3,(H,18,21,23). The molecule has 1 fully saturated rings. The number of aryl methyl sites for hydroxylation is 1. The summed E-state index contributed by atoms with van der Waals surface area (Å²) < 4.78 is 1.69. The fourth-order valence-electron chi connectivity index (χ4n) is 2.54. The number of rotatable bonds is 3. The molecule has 0 atom stereocenters. The number of hydrogen-bond donors (Lipinski definition) is 1. The molecule has 0 spiro atoms. The number of aromatic nitrogens is 4. The molecule has 23 heavy (non-hydrogen) atoms. The van der Waals surface area contributed by atoms with Crippen LogP contribution in [0.5, 0.6) is 0 Å². The second-order valence-electron chi connectivity index (χ2n) is 5.69. The van der Waals surface area contributed by atoms with E-state index in [1.54, 1.807) is 23.0 Å². The number of pyridine rings is 2. The molecule has 0 saturated heterocycles. The summed E-state index contributed by atoms with van der Waals surface area (Å²) in [5, 5.41) is 8.28. The quantitative estimate of drug-likeness (QED) is 0.802. The van der Waals surface area contributed by atoms with Crippen LogP contribution >= 0.6 is 11.6 Å². The summed E-state index contributed by atoms with van der Waals surface area (Å²) in [5.41, 5.74) is 2.25. The average molecular weight is 328 g/mol. The van der Waals surface area contributed by atoms with Crippen LogP contribution in [-0.4, -0.2) is 25.7 Å². The van der Waals surface area contributed by atoms with Crippen molar-refractivity contribution >= 4 is 34.4 Å². The van der Waals surface area contributed by atoms with Crippen LogP contribution in [-0.2, 0) is 7.05 Å². The Labute approximate surface area is 137 Å². The van der Waals surface area contributed by atoms with Gasteiger partial charge in [0, 0.05) is 24.9 Å². The van der Waals surface area contributed by atoms with Gasteiger partial charge < -0.3 is 5.32 Å². The minimum Gasteiger partial charge on any atom is -0.307 e. The number of nitrogens with zero attached hydrogens (tertiary/aromatic N) is 4. The molecule has 1 amide bonds. The zero-order valence-electron chi connectivity index (χ0n) is 12.5. The summed E-state index contributed by atoms with van der Waals surface area (Å²) in [6.45, 7) is 0. The van der Waals surface area contributed by atoms with E-state index in [-0.39, 0.29) is 5.91 Å². The molecule has 3 aromatic heterocycles. The second-order valence-corrected chi connectivity index (χ2v) is 6.13. The molecular weight excluding hydrogens is 314 g/mol. The van der Waals surface area contributed by atoms with Gasteiger partial charge in [-0.1, -0.05) is 11.6 Å². The molecule has 1 N–H and O–H groups in total. The van der Waals surface area contributed by atoms with Crippen LogP contribution in [0.25, 0.3) is 11.0 Å². The van der Waals surface area contributed by atoms with Crippen molar-refractivity contribution in [3.63, 3.8) is 0 Å². The predicted molar refractivity (Wildman–Crippen MR) is 87.7 cm³/mol. The minimum absolute atomic E-state index is 0.220. The van der Waals surface area contributed by atoms with Crippen molar-refractivity contribution < 1.29 is 4.79 Å². The molecule has 1 saturated carbocycles. The Morgan fingerprint density at radius 2 is 2.17 bits per heavy atom. The van der Waals surface area contributed by atoms with Crippen molar-refractivity contribution in [3.05, 3.63) is 46.9 Å². The van der Waals surface area contributed by atoms with Crippen molar-refractivity contribution in [1.29, 1.82) is 0 Å². The lowest BCUT2D eigenvalue weighted by atomic mass is 10.1. The molecule has 1 aliphatic carbocycles. The largest absolute Gasteiger partial charge is 0.307 e. The summed E-state index contributed by atoms with van der Waals surface area (Å²) in [4.78, 5) is 21.4. The molecule has 1 aliphatic rings. The van der Waals surface area contributed by atoms with Crippen LogP contribution < -0.4 is 5.32 Å². The first-order chi connectivity index (χ1) is 11.1. The highest BCUT2D eigenvalue weighted by Crippen LogP contribution is 2.40. The number of carbonyl (C=O) groups is 1. The van der Waals surface area contributed by atoms with Crippen LogP contribution in [0.1, 0.15) is 34.8 Å². The van der Waals surface area contributed by atoms with Crippen LogP contribution in [0.15, 0.2) is 30.6 Å². The van der Waals surface area contributed by atoms with Crippen LogP contribution in [0.4, 0.5) is 5.82 Å². The van der Waals surface area contributed by atoms with Gasteiger partial charge in [-0.3, -0.25) is 9.48 Å². The summed E-state index contributed by atoms with van der Waals surface area (Å²) >= 11 is 5.81. The first-order valence-electron chi connectivity index (χ1n) is 7.37. The van der Waals surface area contributed by atoms with E-state index in [0.29, 0.717) is 22.3 Å². The molecule has 3 aromatic rings. The number of nitrogens with one attached hydrogen (secondary N) is 1. The van der Waals surface area contributed by atoms with E-state index in [1.165, 1.54) is 6.20 Å². The van der Waals surface area contributed by atoms with Gasteiger partial charge in [-0.05, 0) is 31.0 Å². The molecule has 116 valence electrons. The lowest BCUT2D eigenvalue weighted by molar-refractivity contribution is 0.102. The molecule has 6 nitrogen and oxygen atoms in total. The summed E-state index contributed by atoms with van der Waals surface area (Å²) in [6, 6.07) is 5.22. The third kappa shape index (κ3) is 2.66. The van der Waals surface area contributed by atoms with E-state index in [0.717, 1.165) is 29.6 Å². The van der Waals surface area contributed by atoms with E-state index >= 15 is 0 Å². The predicted octanol–water partition coefficient (Wildman–Crippen LogP) is 3.15. The van der Waals surface area contributed by atoms with Gasteiger partial charge in [0.25, 0.3) is 5.91 Å². The van der Waals surface area contributed by atoms with Crippen molar-refractivity contribution in [2.75, 3.05) is 5.32 Å². The fraction of sp³-hybridized carbons (Fsp3) is 0.250.